The standard InChI is InChI=1S/C16H24N2O.HI/c1-13-8-7-9-14(2)16(13)17-15(19)12-18(3)10-5-4-6-11-18;/h7-9H,4-6,10-12H2,1-3H3;1H. The van der Waals surface area contributed by atoms with E-state index in [1.54, 1.807) is 0 Å². The van der Waals surface area contributed by atoms with Crippen LogP contribution in [0.15, 0.2) is 18.2 Å². The summed E-state index contributed by atoms with van der Waals surface area (Å²) in [5.41, 5.74) is 3.25. The minimum Gasteiger partial charge on any atom is -1.00 e. The van der Waals surface area contributed by atoms with E-state index >= 15 is 0 Å². The molecule has 0 unspecified atom stereocenters. The molecular formula is C16H25IN2O. The lowest BCUT2D eigenvalue weighted by molar-refractivity contribution is -0.906. The van der Waals surface area contributed by atoms with Crippen LogP contribution in [-0.2, 0) is 4.79 Å². The van der Waals surface area contributed by atoms with Crippen LogP contribution in [-0.4, -0.2) is 37.1 Å². The molecule has 0 aromatic heterocycles. The van der Waals surface area contributed by atoms with E-state index in [9.17, 15) is 4.79 Å². The van der Waals surface area contributed by atoms with Gasteiger partial charge in [0.1, 0.15) is 0 Å². The molecule has 0 radical (unpaired) electrons. The van der Waals surface area contributed by atoms with Crippen molar-refractivity contribution in [2.45, 2.75) is 33.1 Å². The summed E-state index contributed by atoms with van der Waals surface area (Å²) in [7, 11) is 2.20. The van der Waals surface area contributed by atoms with Gasteiger partial charge in [0, 0.05) is 5.69 Å². The van der Waals surface area contributed by atoms with E-state index in [-0.39, 0.29) is 29.9 Å². The third-order valence-corrected chi connectivity index (χ3v) is 4.17. The number of rotatable bonds is 3. The highest BCUT2D eigenvalue weighted by atomic mass is 127. The van der Waals surface area contributed by atoms with Gasteiger partial charge in [0.05, 0.1) is 20.1 Å². The average molecular weight is 388 g/mol. The molecular weight excluding hydrogens is 363 g/mol. The van der Waals surface area contributed by atoms with Crippen molar-refractivity contribution in [3.05, 3.63) is 29.3 Å². The van der Waals surface area contributed by atoms with Gasteiger partial charge >= 0.3 is 0 Å². The Balaban J connectivity index is 0.00000200. The summed E-state index contributed by atoms with van der Waals surface area (Å²) in [5.74, 6) is 0.141. The van der Waals surface area contributed by atoms with E-state index in [1.807, 2.05) is 32.0 Å². The molecule has 1 heterocycles. The number of piperidine rings is 1. The van der Waals surface area contributed by atoms with Crippen LogP contribution >= 0.6 is 0 Å². The normalized spacial score (nSPS) is 17.1. The van der Waals surface area contributed by atoms with Gasteiger partial charge < -0.3 is 33.8 Å². The number of nitrogens with one attached hydrogen (secondary N) is 1. The van der Waals surface area contributed by atoms with Gasteiger partial charge in [-0.25, -0.2) is 0 Å². The second kappa shape index (κ2) is 7.41. The molecule has 4 heteroatoms. The molecule has 20 heavy (non-hydrogen) atoms. The number of amides is 1. The van der Waals surface area contributed by atoms with Crippen LogP contribution in [0.25, 0.3) is 0 Å². The molecule has 0 spiro atoms. The third-order valence-electron chi connectivity index (χ3n) is 4.17. The summed E-state index contributed by atoms with van der Waals surface area (Å²) in [5, 5.41) is 3.10. The number of anilines is 1. The van der Waals surface area contributed by atoms with Gasteiger partial charge in [-0.05, 0) is 44.2 Å². The number of carbonyl (C=O) groups excluding carboxylic acids is 1. The number of halogens is 1. The Bertz CT molecular complexity index is 447. The zero-order valence-electron chi connectivity index (χ0n) is 12.7. The highest BCUT2D eigenvalue weighted by Crippen LogP contribution is 2.20. The Hall–Kier alpha value is -0.620. The smallest absolute Gasteiger partial charge is 0.279 e. The average Bonchev–Trinajstić information content (AvgIpc) is 2.34. The van der Waals surface area contributed by atoms with Gasteiger partial charge in [-0.15, -0.1) is 0 Å². The van der Waals surface area contributed by atoms with Crippen molar-refractivity contribution in [2.24, 2.45) is 0 Å². The van der Waals surface area contributed by atoms with E-state index in [1.165, 1.54) is 19.3 Å². The van der Waals surface area contributed by atoms with Gasteiger partial charge in [-0.1, -0.05) is 18.2 Å². The fraction of sp³-hybridized carbons (Fsp3) is 0.562. The number of likely N-dealkylation sites (tertiary alicyclic amines) is 1. The Kier molecular flexibility index (Phi) is 6.45. The number of nitrogens with zero attached hydrogens (tertiary/aromatic N) is 1. The van der Waals surface area contributed by atoms with Crippen molar-refractivity contribution in [3.63, 3.8) is 0 Å². The summed E-state index contributed by atoms with van der Waals surface area (Å²) >= 11 is 0. The largest absolute Gasteiger partial charge is 1.00 e. The summed E-state index contributed by atoms with van der Waals surface area (Å²) in [6.07, 6.45) is 3.80. The van der Waals surface area contributed by atoms with Gasteiger partial charge in [0.25, 0.3) is 5.91 Å². The first-order chi connectivity index (χ1) is 9.00. The van der Waals surface area contributed by atoms with E-state index in [4.69, 9.17) is 0 Å². The molecule has 1 amide bonds. The zero-order chi connectivity index (χ0) is 13.9. The van der Waals surface area contributed by atoms with Crippen molar-refractivity contribution in [2.75, 3.05) is 32.0 Å². The first kappa shape index (κ1) is 17.4. The number of likely N-dealkylation sites (N-methyl/N-ethyl adjacent to an activating group) is 1. The van der Waals surface area contributed by atoms with Crippen LogP contribution in [0.2, 0.25) is 0 Å². The SMILES string of the molecule is Cc1cccc(C)c1NC(=O)C[N+]1(C)CCCCC1.[I-]. The molecule has 1 saturated heterocycles. The van der Waals surface area contributed by atoms with Crippen LogP contribution in [0.1, 0.15) is 30.4 Å². The Morgan fingerprint density at radius 3 is 2.25 bits per heavy atom. The van der Waals surface area contributed by atoms with Crippen LogP contribution in [0, 0.1) is 13.8 Å². The van der Waals surface area contributed by atoms with E-state index in [0.717, 1.165) is 34.4 Å². The minimum atomic E-state index is 0. The van der Waals surface area contributed by atoms with E-state index in [2.05, 4.69) is 12.4 Å². The van der Waals surface area contributed by atoms with Crippen LogP contribution in [0.5, 0.6) is 0 Å². The Morgan fingerprint density at radius 1 is 1.15 bits per heavy atom. The number of carbonyl (C=O) groups is 1. The summed E-state index contributed by atoms with van der Waals surface area (Å²) < 4.78 is 0.886. The molecule has 1 fully saturated rings. The number of benzene rings is 1. The van der Waals surface area contributed by atoms with E-state index < -0.39 is 0 Å². The lowest BCUT2D eigenvalue weighted by atomic mass is 10.1. The molecule has 2 rings (SSSR count). The highest BCUT2D eigenvalue weighted by Gasteiger charge is 2.27. The van der Waals surface area contributed by atoms with Crippen LogP contribution in [0.3, 0.4) is 0 Å². The van der Waals surface area contributed by atoms with Gasteiger partial charge in [-0.3, -0.25) is 4.79 Å². The predicted molar refractivity (Wildman–Crippen MR) is 79.2 cm³/mol. The molecule has 112 valence electrons. The number of hydrogen-bond donors (Lipinski definition) is 1. The summed E-state index contributed by atoms with van der Waals surface area (Å²) in [6.45, 7) is 6.92. The fourth-order valence-corrected chi connectivity index (χ4v) is 2.97. The molecule has 1 N–H and O–H groups in total. The summed E-state index contributed by atoms with van der Waals surface area (Å²) in [4.78, 5) is 12.3. The first-order valence-corrected chi connectivity index (χ1v) is 7.20. The van der Waals surface area contributed by atoms with Crippen molar-refractivity contribution in [3.8, 4) is 0 Å². The maximum atomic E-state index is 12.3. The Morgan fingerprint density at radius 2 is 1.70 bits per heavy atom. The lowest BCUT2D eigenvalue weighted by Crippen LogP contribution is -3.00. The van der Waals surface area contributed by atoms with Crippen molar-refractivity contribution < 1.29 is 33.3 Å². The fourth-order valence-electron chi connectivity index (χ4n) is 2.97. The third kappa shape index (κ3) is 4.45. The number of aryl methyl sites for hydroxylation is 2. The molecule has 0 bridgehead atoms. The van der Waals surface area contributed by atoms with Gasteiger partial charge in [0.2, 0.25) is 0 Å². The molecule has 0 saturated carbocycles. The van der Waals surface area contributed by atoms with Gasteiger partial charge in [-0.2, -0.15) is 0 Å². The zero-order valence-corrected chi connectivity index (χ0v) is 14.9. The van der Waals surface area contributed by atoms with Crippen LogP contribution < -0.4 is 29.3 Å². The Labute approximate surface area is 139 Å². The lowest BCUT2D eigenvalue weighted by Gasteiger charge is -2.37. The predicted octanol–water partition coefficient (Wildman–Crippen LogP) is -0.124. The van der Waals surface area contributed by atoms with Crippen molar-refractivity contribution in [1.82, 2.24) is 0 Å². The number of hydrogen-bond acceptors (Lipinski definition) is 1. The molecule has 1 aromatic carbocycles. The number of para-hydroxylation sites is 1. The molecule has 3 nitrogen and oxygen atoms in total. The maximum Gasteiger partial charge on any atom is 0.279 e. The first-order valence-electron chi connectivity index (χ1n) is 7.20. The molecule has 1 aliphatic rings. The van der Waals surface area contributed by atoms with Crippen molar-refractivity contribution in [1.29, 1.82) is 0 Å². The van der Waals surface area contributed by atoms with Gasteiger partial charge in [0.15, 0.2) is 6.54 Å². The number of quaternary nitrogens is 1. The quantitative estimate of drug-likeness (QED) is 0.568. The molecule has 0 atom stereocenters. The monoisotopic (exact) mass is 388 g/mol. The second-order valence-electron chi connectivity index (χ2n) is 6.10. The summed E-state index contributed by atoms with van der Waals surface area (Å²) in [6, 6.07) is 6.11. The van der Waals surface area contributed by atoms with Crippen LogP contribution in [0.4, 0.5) is 5.69 Å². The van der Waals surface area contributed by atoms with Crippen molar-refractivity contribution >= 4 is 11.6 Å². The highest BCUT2D eigenvalue weighted by molar-refractivity contribution is 5.93. The molecule has 0 aliphatic carbocycles. The van der Waals surface area contributed by atoms with E-state index in [0.29, 0.717) is 6.54 Å². The maximum absolute atomic E-state index is 12.3. The second-order valence-corrected chi connectivity index (χ2v) is 6.10. The topological polar surface area (TPSA) is 29.1 Å². The minimum absolute atomic E-state index is 0. The molecule has 1 aromatic rings. The molecule has 1 aliphatic heterocycles.